The fraction of sp³-hybridized carbons (Fsp3) is 0.875. The van der Waals surface area contributed by atoms with E-state index in [1.54, 1.807) is 0 Å². The largest absolute Gasteiger partial charge is 0.481 e. The second-order valence-electron chi connectivity index (χ2n) is 8.39. The van der Waals surface area contributed by atoms with E-state index in [4.69, 9.17) is 25.2 Å². The van der Waals surface area contributed by atoms with Crippen molar-refractivity contribution in [3.63, 3.8) is 0 Å². The van der Waals surface area contributed by atoms with Crippen molar-refractivity contribution in [2.45, 2.75) is 103 Å². The maximum Gasteiger partial charge on any atom is 0.303 e. The van der Waals surface area contributed by atoms with Gasteiger partial charge in [0.1, 0.15) is 0 Å². The Kier molecular flexibility index (Phi) is 19.3. The number of unbranched alkanes of at least 4 members (excludes halogenated alkanes) is 11. The molecular weight excluding hydrogens is 384 g/mol. The standard InChI is InChI=1S/C18H34O2.C6H12O4/c1-2-3-4-5-6-7-8-9-10-11-12-13-14-15-16-17-18(19)20;7-2-6(3-8,4-9)5-1-10-5/h9-10H,2-8,11-17H2,1H3,(H,19,20);5,7-9H,1-4H2/b10-9-;. The highest BCUT2D eigenvalue weighted by Crippen LogP contribution is 2.31. The van der Waals surface area contributed by atoms with Crippen molar-refractivity contribution >= 4 is 5.97 Å². The molecule has 1 atom stereocenters. The third-order valence-electron chi connectivity index (χ3n) is 5.61. The van der Waals surface area contributed by atoms with Crippen molar-refractivity contribution in [1.29, 1.82) is 0 Å². The molecule has 0 aromatic carbocycles. The molecule has 0 spiro atoms. The number of hydrogen-bond acceptors (Lipinski definition) is 5. The molecule has 0 bridgehead atoms. The van der Waals surface area contributed by atoms with Gasteiger partial charge in [-0.05, 0) is 32.1 Å². The van der Waals surface area contributed by atoms with Crippen molar-refractivity contribution in [1.82, 2.24) is 0 Å². The number of carbonyl (C=O) groups is 1. The van der Waals surface area contributed by atoms with Crippen LogP contribution in [0.4, 0.5) is 0 Å². The van der Waals surface area contributed by atoms with Gasteiger partial charge in [-0.2, -0.15) is 0 Å². The van der Waals surface area contributed by atoms with Gasteiger partial charge in [0.05, 0.1) is 37.9 Å². The zero-order chi connectivity index (χ0) is 22.5. The lowest BCUT2D eigenvalue weighted by molar-refractivity contribution is -0.137. The summed E-state index contributed by atoms with van der Waals surface area (Å²) in [5.41, 5.74) is -0.819. The Labute approximate surface area is 183 Å². The van der Waals surface area contributed by atoms with Gasteiger partial charge in [0.15, 0.2) is 0 Å². The maximum absolute atomic E-state index is 10.3. The number of ether oxygens (including phenoxy) is 1. The Morgan fingerprint density at radius 3 is 1.63 bits per heavy atom. The molecule has 1 aliphatic heterocycles. The van der Waals surface area contributed by atoms with Crippen LogP contribution in [0.2, 0.25) is 0 Å². The average molecular weight is 431 g/mol. The molecule has 0 aromatic rings. The highest BCUT2D eigenvalue weighted by molar-refractivity contribution is 5.66. The molecule has 30 heavy (non-hydrogen) atoms. The molecule has 6 nitrogen and oxygen atoms in total. The van der Waals surface area contributed by atoms with E-state index in [1.165, 1.54) is 70.6 Å². The summed E-state index contributed by atoms with van der Waals surface area (Å²) >= 11 is 0. The van der Waals surface area contributed by atoms with E-state index < -0.39 is 11.4 Å². The Morgan fingerprint density at radius 2 is 1.27 bits per heavy atom. The number of aliphatic carboxylic acids is 1. The predicted molar refractivity (Wildman–Crippen MR) is 121 cm³/mol. The van der Waals surface area contributed by atoms with E-state index >= 15 is 0 Å². The van der Waals surface area contributed by atoms with Gasteiger partial charge in [-0.15, -0.1) is 0 Å². The van der Waals surface area contributed by atoms with Crippen LogP contribution in [0.25, 0.3) is 0 Å². The van der Waals surface area contributed by atoms with Crippen LogP contribution in [-0.4, -0.2) is 58.9 Å². The van der Waals surface area contributed by atoms with E-state index in [-0.39, 0.29) is 25.9 Å². The molecule has 0 radical (unpaired) electrons. The molecule has 0 aliphatic carbocycles. The van der Waals surface area contributed by atoms with Crippen molar-refractivity contribution in [2.24, 2.45) is 5.41 Å². The molecule has 0 saturated carbocycles. The Hall–Kier alpha value is -0.950. The molecule has 1 fully saturated rings. The summed E-state index contributed by atoms with van der Waals surface area (Å²) in [6.07, 6.45) is 21.1. The predicted octanol–water partition coefficient (Wildman–Crippen LogP) is 4.46. The third kappa shape index (κ3) is 15.8. The summed E-state index contributed by atoms with van der Waals surface area (Å²) in [6, 6.07) is 0. The van der Waals surface area contributed by atoms with Gasteiger partial charge in [0.2, 0.25) is 0 Å². The van der Waals surface area contributed by atoms with Gasteiger partial charge in [0.25, 0.3) is 0 Å². The minimum atomic E-state index is -0.819. The number of aliphatic hydroxyl groups is 3. The second kappa shape index (κ2) is 20.0. The molecule has 1 unspecified atom stereocenters. The van der Waals surface area contributed by atoms with Crippen LogP contribution in [0.5, 0.6) is 0 Å². The lowest BCUT2D eigenvalue weighted by atomic mass is 9.88. The van der Waals surface area contributed by atoms with E-state index in [9.17, 15) is 4.79 Å². The molecule has 0 amide bonds. The van der Waals surface area contributed by atoms with Crippen LogP contribution in [0, 0.1) is 5.41 Å². The minimum absolute atomic E-state index is 0.160. The lowest BCUT2D eigenvalue weighted by Crippen LogP contribution is -2.39. The number of carboxylic acid groups (broad SMARTS) is 1. The summed E-state index contributed by atoms with van der Waals surface area (Å²) in [5, 5.41) is 34.9. The molecule has 1 saturated heterocycles. The molecule has 4 N–H and O–H groups in total. The monoisotopic (exact) mass is 430 g/mol. The first kappa shape index (κ1) is 29.1. The smallest absolute Gasteiger partial charge is 0.303 e. The highest BCUT2D eigenvalue weighted by atomic mass is 16.6. The Morgan fingerprint density at radius 1 is 0.833 bits per heavy atom. The number of rotatable bonds is 19. The molecule has 1 rings (SSSR count). The fourth-order valence-corrected chi connectivity index (χ4v) is 3.20. The Balaban J connectivity index is 0.000000696. The van der Waals surface area contributed by atoms with Crippen molar-refractivity contribution in [3.8, 4) is 0 Å². The van der Waals surface area contributed by atoms with Crippen LogP contribution < -0.4 is 0 Å². The summed E-state index contributed by atoms with van der Waals surface area (Å²) in [6.45, 7) is 2.09. The zero-order valence-electron chi connectivity index (χ0n) is 19.1. The van der Waals surface area contributed by atoms with Crippen LogP contribution in [0.1, 0.15) is 96.8 Å². The topological polar surface area (TPSA) is 111 Å². The van der Waals surface area contributed by atoms with Crippen LogP contribution >= 0.6 is 0 Å². The van der Waals surface area contributed by atoms with Crippen LogP contribution in [0.15, 0.2) is 12.2 Å². The molecule has 0 aromatic heterocycles. The summed E-state index contributed by atoms with van der Waals surface area (Å²) in [4.78, 5) is 10.3. The molecule has 6 heteroatoms. The van der Waals surface area contributed by atoms with Crippen molar-refractivity contribution in [3.05, 3.63) is 12.2 Å². The van der Waals surface area contributed by atoms with Gasteiger partial charge in [-0.25, -0.2) is 0 Å². The van der Waals surface area contributed by atoms with E-state index in [0.717, 1.165) is 12.8 Å². The SMILES string of the molecule is CCCCCCCC/C=C\CCCCCCCC(=O)O.OCC(CO)(CO)C1CO1. The molecule has 1 aliphatic rings. The van der Waals surface area contributed by atoms with Gasteiger partial charge >= 0.3 is 5.97 Å². The quantitative estimate of drug-likeness (QED) is 0.137. The Bertz CT molecular complexity index is 408. The fourth-order valence-electron chi connectivity index (χ4n) is 3.20. The zero-order valence-corrected chi connectivity index (χ0v) is 19.1. The molecule has 1 heterocycles. The van der Waals surface area contributed by atoms with Gasteiger partial charge < -0.3 is 25.2 Å². The lowest BCUT2D eigenvalue weighted by Gasteiger charge is -2.24. The number of allylic oxidation sites excluding steroid dienone is 2. The van der Waals surface area contributed by atoms with Crippen molar-refractivity contribution < 1.29 is 30.0 Å². The van der Waals surface area contributed by atoms with E-state index in [2.05, 4.69) is 19.1 Å². The minimum Gasteiger partial charge on any atom is -0.481 e. The summed E-state index contributed by atoms with van der Waals surface area (Å²) in [7, 11) is 0. The normalized spacial score (nSPS) is 15.8. The van der Waals surface area contributed by atoms with Gasteiger partial charge in [-0.3, -0.25) is 4.79 Å². The number of hydrogen-bond donors (Lipinski definition) is 4. The summed E-state index contributed by atoms with van der Waals surface area (Å²) in [5.74, 6) is -0.664. The first-order chi connectivity index (χ1) is 14.6. The first-order valence-corrected chi connectivity index (χ1v) is 11.9. The van der Waals surface area contributed by atoms with Crippen molar-refractivity contribution in [2.75, 3.05) is 26.4 Å². The number of epoxide rings is 1. The highest BCUT2D eigenvalue weighted by Gasteiger charge is 2.45. The third-order valence-corrected chi connectivity index (χ3v) is 5.61. The number of aliphatic hydroxyl groups excluding tert-OH is 3. The van der Waals surface area contributed by atoms with E-state index in [1.807, 2.05) is 0 Å². The average Bonchev–Trinajstić information content (AvgIpc) is 3.59. The summed E-state index contributed by atoms with van der Waals surface area (Å²) < 4.78 is 4.87. The van der Waals surface area contributed by atoms with Gasteiger partial charge in [0, 0.05) is 6.42 Å². The van der Waals surface area contributed by atoms with Gasteiger partial charge in [-0.1, -0.05) is 70.4 Å². The maximum atomic E-state index is 10.3. The molecular formula is C24H46O6. The first-order valence-electron chi connectivity index (χ1n) is 11.9. The van der Waals surface area contributed by atoms with E-state index in [0.29, 0.717) is 13.0 Å². The second-order valence-corrected chi connectivity index (χ2v) is 8.39. The molecule has 178 valence electrons. The van der Waals surface area contributed by atoms with Crippen LogP contribution in [-0.2, 0) is 9.53 Å². The number of carboxylic acids is 1. The van der Waals surface area contributed by atoms with Crippen LogP contribution in [0.3, 0.4) is 0 Å².